The van der Waals surface area contributed by atoms with Crippen molar-refractivity contribution in [3.8, 4) is 5.75 Å². The van der Waals surface area contributed by atoms with E-state index in [4.69, 9.17) is 4.74 Å². The molecule has 0 aromatic heterocycles. The van der Waals surface area contributed by atoms with E-state index in [1.165, 1.54) is 11.8 Å². The fourth-order valence-electron chi connectivity index (χ4n) is 3.47. The molecule has 0 unspecified atom stereocenters. The standard InChI is InChI=1S/C20H20N2O4S2/c1-2-26-16-10-8-15(9-11-16)22-17-12-28(24,25)13-18(17)27-20(22)21-19(23)14-6-4-3-5-7-14/h3-11,17-18H,2,12-13H2,1H3/t17-,18+/m1/s1. The van der Waals surface area contributed by atoms with Gasteiger partial charge in [0.2, 0.25) is 0 Å². The number of fused-ring (bicyclic) bond motifs is 1. The van der Waals surface area contributed by atoms with Crippen LogP contribution < -0.4 is 9.64 Å². The predicted molar refractivity (Wildman–Crippen MR) is 112 cm³/mol. The molecule has 2 aliphatic heterocycles. The second-order valence-corrected chi connectivity index (χ2v) is 10.0. The van der Waals surface area contributed by atoms with E-state index in [2.05, 4.69) is 4.99 Å². The summed E-state index contributed by atoms with van der Waals surface area (Å²) in [5.74, 6) is 0.583. The molecule has 1 amide bonds. The highest BCUT2D eigenvalue weighted by Gasteiger charge is 2.49. The number of amidine groups is 1. The maximum Gasteiger partial charge on any atom is 0.279 e. The third-order valence-corrected chi connectivity index (χ3v) is 7.92. The number of carbonyl (C=O) groups is 1. The lowest BCUT2D eigenvalue weighted by Crippen LogP contribution is -2.37. The second kappa shape index (κ2) is 7.60. The number of carbonyl (C=O) groups excluding carboxylic acids is 1. The van der Waals surface area contributed by atoms with Crippen molar-refractivity contribution in [1.29, 1.82) is 0 Å². The lowest BCUT2D eigenvalue weighted by Gasteiger charge is -2.24. The molecule has 146 valence electrons. The molecular weight excluding hydrogens is 396 g/mol. The summed E-state index contributed by atoms with van der Waals surface area (Å²) in [5.41, 5.74) is 1.31. The zero-order chi connectivity index (χ0) is 19.7. The molecule has 0 N–H and O–H groups in total. The predicted octanol–water partition coefficient (Wildman–Crippen LogP) is 3.00. The molecule has 2 saturated heterocycles. The summed E-state index contributed by atoms with van der Waals surface area (Å²) in [5, 5.41) is 0.418. The van der Waals surface area contributed by atoms with E-state index in [9.17, 15) is 13.2 Å². The Labute approximate surface area is 168 Å². The van der Waals surface area contributed by atoms with Gasteiger partial charge in [-0.1, -0.05) is 30.0 Å². The molecule has 0 saturated carbocycles. The van der Waals surface area contributed by atoms with Crippen LogP contribution in [0.25, 0.3) is 0 Å². The lowest BCUT2D eigenvalue weighted by molar-refractivity contribution is 0.100. The van der Waals surface area contributed by atoms with Gasteiger partial charge in [0.1, 0.15) is 5.75 Å². The van der Waals surface area contributed by atoms with Gasteiger partial charge >= 0.3 is 0 Å². The number of hydrogen-bond donors (Lipinski definition) is 0. The van der Waals surface area contributed by atoms with Gasteiger partial charge in [-0.2, -0.15) is 4.99 Å². The second-order valence-electron chi connectivity index (χ2n) is 6.66. The van der Waals surface area contributed by atoms with Gasteiger partial charge in [-0.3, -0.25) is 4.79 Å². The third-order valence-electron chi connectivity index (χ3n) is 4.71. The van der Waals surface area contributed by atoms with Crippen LogP contribution in [0.5, 0.6) is 5.75 Å². The lowest BCUT2D eigenvalue weighted by atomic mass is 10.2. The van der Waals surface area contributed by atoms with Gasteiger partial charge in [0.05, 0.1) is 24.2 Å². The molecule has 0 aliphatic carbocycles. The van der Waals surface area contributed by atoms with E-state index >= 15 is 0 Å². The largest absolute Gasteiger partial charge is 0.494 e. The first-order valence-corrected chi connectivity index (χ1v) is 11.7. The Balaban J connectivity index is 1.69. The Kier molecular flexibility index (Phi) is 5.16. The molecule has 0 bridgehead atoms. The number of amides is 1. The molecule has 0 spiro atoms. The summed E-state index contributed by atoms with van der Waals surface area (Å²) in [4.78, 5) is 18.8. The fourth-order valence-corrected chi connectivity index (χ4v) is 7.38. The molecule has 4 rings (SSSR count). The van der Waals surface area contributed by atoms with Crippen molar-refractivity contribution in [1.82, 2.24) is 0 Å². The zero-order valence-electron chi connectivity index (χ0n) is 15.3. The van der Waals surface area contributed by atoms with Gasteiger partial charge < -0.3 is 9.64 Å². The Morgan fingerprint density at radius 2 is 1.86 bits per heavy atom. The van der Waals surface area contributed by atoms with Crippen molar-refractivity contribution in [3.05, 3.63) is 60.2 Å². The summed E-state index contributed by atoms with van der Waals surface area (Å²) >= 11 is 1.37. The Morgan fingerprint density at radius 3 is 2.54 bits per heavy atom. The normalized spacial score (nSPS) is 24.3. The van der Waals surface area contributed by atoms with Crippen LogP contribution in [0, 0.1) is 0 Å². The van der Waals surface area contributed by atoms with Crippen molar-refractivity contribution < 1.29 is 17.9 Å². The Hall–Kier alpha value is -2.32. The highest BCUT2D eigenvalue weighted by Crippen LogP contribution is 2.41. The van der Waals surface area contributed by atoms with Gasteiger partial charge in [0, 0.05) is 16.5 Å². The molecule has 28 heavy (non-hydrogen) atoms. The number of hydrogen-bond acceptors (Lipinski definition) is 5. The number of aliphatic imine (C=N–C) groups is 1. The third kappa shape index (κ3) is 3.79. The van der Waals surface area contributed by atoms with Crippen molar-refractivity contribution in [2.75, 3.05) is 23.0 Å². The van der Waals surface area contributed by atoms with Crippen LogP contribution in [0.4, 0.5) is 5.69 Å². The van der Waals surface area contributed by atoms with Gasteiger partial charge in [0.15, 0.2) is 15.0 Å². The van der Waals surface area contributed by atoms with Gasteiger partial charge in [-0.25, -0.2) is 8.42 Å². The fraction of sp³-hybridized carbons (Fsp3) is 0.300. The Morgan fingerprint density at radius 1 is 1.14 bits per heavy atom. The molecule has 2 aromatic carbocycles. The van der Waals surface area contributed by atoms with E-state index in [1.807, 2.05) is 42.2 Å². The van der Waals surface area contributed by atoms with Gasteiger partial charge in [-0.05, 0) is 43.3 Å². The summed E-state index contributed by atoms with van der Waals surface area (Å²) in [6.07, 6.45) is 0. The van der Waals surface area contributed by atoms with Crippen molar-refractivity contribution in [2.45, 2.75) is 18.2 Å². The van der Waals surface area contributed by atoms with Crippen LogP contribution >= 0.6 is 11.8 Å². The number of thioether (sulfide) groups is 1. The summed E-state index contributed by atoms with van der Waals surface area (Å²) < 4.78 is 29.8. The number of benzene rings is 2. The van der Waals surface area contributed by atoms with Crippen molar-refractivity contribution >= 4 is 38.4 Å². The van der Waals surface area contributed by atoms with Crippen LogP contribution in [0.15, 0.2) is 59.6 Å². The molecule has 2 fully saturated rings. The van der Waals surface area contributed by atoms with E-state index in [0.29, 0.717) is 17.3 Å². The van der Waals surface area contributed by atoms with Crippen LogP contribution in [0.2, 0.25) is 0 Å². The maximum absolute atomic E-state index is 12.6. The molecular formula is C20H20N2O4S2. The van der Waals surface area contributed by atoms with Crippen LogP contribution in [0.1, 0.15) is 17.3 Å². The quantitative estimate of drug-likeness (QED) is 0.763. The van der Waals surface area contributed by atoms with Crippen LogP contribution in [0.3, 0.4) is 0 Å². The number of rotatable bonds is 4. The van der Waals surface area contributed by atoms with Crippen LogP contribution in [-0.2, 0) is 9.84 Å². The highest BCUT2D eigenvalue weighted by molar-refractivity contribution is 8.16. The topological polar surface area (TPSA) is 76.0 Å². The number of nitrogens with zero attached hydrogens (tertiary/aromatic N) is 2. The molecule has 6 nitrogen and oxygen atoms in total. The first kappa shape index (κ1) is 19.0. The van der Waals surface area contributed by atoms with Gasteiger partial charge in [-0.15, -0.1) is 0 Å². The zero-order valence-corrected chi connectivity index (χ0v) is 16.9. The monoisotopic (exact) mass is 416 g/mol. The SMILES string of the molecule is CCOc1ccc(N2C(=NC(=O)c3ccccc3)S[C@H]3CS(=O)(=O)C[C@H]32)cc1. The minimum atomic E-state index is -3.09. The van der Waals surface area contributed by atoms with Crippen molar-refractivity contribution in [3.63, 3.8) is 0 Å². The van der Waals surface area contributed by atoms with E-state index in [0.717, 1.165) is 11.4 Å². The van der Waals surface area contributed by atoms with E-state index in [1.54, 1.807) is 24.3 Å². The first-order chi connectivity index (χ1) is 13.5. The number of ether oxygens (including phenoxy) is 1. The van der Waals surface area contributed by atoms with Crippen molar-refractivity contribution in [2.24, 2.45) is 4.99 Å². The molecule has 0 radical (unpaired) electrons. The minimum Gasteiger partial charge on any atom is -0.494 e. The Bertz CT molecular complexity index is 1000. The number of anilines is 1. The molecule has 2 aliphatic rings. The minimum absolute atomic E-state index is 0.0659. The summed E-state index contributed by atoms with van der Waals surface area (Å²) in [6.45, 7) is 2.49. The first-order valence-electron chi connectivity index (χ1n) is 9.04. The molecule has 2 atom stereocenters. The highest BCUT2D eigenvalue weighted by atomic mass is 32.2. The summed E-state index contributed by atoms with van der Waals surface area (Å²) in [7, 11) is -3.09. The van der Waals surface area contributed by atoms with E-state index in [-0.39, 0.29) is 28.7 Å². The maximum atomic E-state index is 12.6. The van der Waals surface area contributed by atoms with Crippen LogP contribution in [-0.4, -0.2) is 48.9 Å². The summed E-state index contributed by atoms with van der Waals surface area (Å²) in [6, 6.07) is 16.1. The average Bonchev–Trinajstić information content (AvgIpc) is 3.14. The molecule has 2 aromatic rings. The average molecular weight is 417 g/mol. The molecule has 8 heteroatoms. The smallest absolute Gasteiger partial charge is 0.279 e. The van der Waals surface area contributed by atoms with Gasteiger partial charge in [0.25, 0.3) is 5.91 Å². The number of sulfone groups is 1. The molecule has 2 heterocycles. The van der Waals surface area contributed by atoms with E-state index < -0.39 is 9.84 Å².